The molecule has 1 unspecified atom stereocenters. The molecule has 0 saturated carbocycles. The van der Waals surface area contributed by atoms with Crippen LogP contribution in [0.4, 0.5) is 13.2 Å². The second kappa shape index (κ2) is 6.14. The number of alkyl halides is 3. The molecule has 0 aliphatic carbocycles. The second-order valence-electron chi connectivity index (χ2n) is 4.34. The Bertz CT molecular complexity index is 558. The van der Waals surface area contributed by atoms with E-state index < -0.39 is 16.0 Å². The first kappa shape index (κ1) is 16.3. The Morgan fingerprint density at radius 1 is 1.11 bits per heavy atom. The van der Waals surface area contributed by atoms with E-state index in [1.165, 1.54) is 0 Å². The van der Waals surface area contributed by atoms with Gasteiger partial charge in [-0.2, -0.15) is 0 Å². The molecule has 1 aromatic heterocycles. The van der Waals surface area contributed by atoms with Crippen molar-refractivity contribution in [2.24, 2.45) is 0 Å². The summed E-state index contributed by atoms with van der Waals surface area (Å²) in [6.07, 6.45) is 2.13. The first-order valence-corrected chi connectivity index (χ1v) is 7.34. The molecule has 0 saturated heterocycles. The largest absolute Gasteiger partial charge is 1.00 e. The number of aryl methyl sites for hydroxylation is 2. The van der Waals surface area contributed by atoms with Gasteiger partial charge in [-0.05, 0) is 30.5 Å². The van der Waals surface area contributed by atoms with E-state index in [1.54, 1.807) is 12.1 Å². The molecule has 0 aliphatic heterocycles. The summed E-state index contributed by atoms with van der Waals surface area (Å²) in [5.74, 6) is 0. The van der Waals surface area contributed by atoms with Crippen LogP contribution in [0.25, 0.3) is 10.1 Å². The highest BCUT2D eigenvalue weighted by Crippen LogP contribution is 2.51. The average Bonchev–Trinajstić information content (AvgIpc) is 2.65. The molecule has 0 spiro atoms. The van der Waals surface area contributed by atoms with Crippen molar-refractivity contribution in [2.45, 2.75) is 38.6 Å². The lowest BCUT2D eigenvalue weighted by atomic mass is 10.1. The number of thiophene rings is 1. The molecular weight excluding hydrogens is 293 g/mol. The Hall–Kier alpha value is -0.740. The maximum Gasteiger partial charge on any atom is 0.600 e. The molecule has 106 valence electrons. The summed E-state index contributed by atoms with van der Waals surface area (Å²) in [6, 6.07) is 7.11. The van der Waals surface area contributed by atoms with Gasteiger partial charge in [0.05, 0.1) is 10.5 Å². The normalized spacial score (nSPS) is 12.6. The molecule has 1 atom stereocenters. The molecule has 1 heterocycles. The van der Waals surface area contributed by atoms with Gasteiger partial charge in [0.2, 0.25) is 0 Å². The van der Waals surface area contributed by atoms with Gasteiger partial charge in [-0.25, -0.2) is 0 Å². The Morgan fingerprint density at radius 2 is 1.79 bits per heavy atom. The zero-order valence-electron chi connectivity index (χ0n) is 10.9. The lowest BCUT2D eigenvalue weighted by molar-refractivity contribution is -0.0867. The van der Waals surface area contributed by atoms with Gasteiger partial charge in [0.25, 0.3) is 0 Å². The molecule has 0 N–H and O–H groups in total. The van der Waals surface area contributed by atoms with Gasteiger partial charge >= 0.3 is 5.51 Å². The maximum absolute atomic E-state index is 13.2. The van der Waals surface area contributed by atoms with E-state index in [0.717, 1.165) is 23.8 Å². The molecule has 5 heteroatoms. The zero-order chi connectivity index (χ0) is 13.3. The fourth-order valence-electron chi connectivity index (χ4n) is 2.18. The average molecular weight is 309 g/mol. The molecule has 19 heavy (non-hydrogen) atoms. The SMILES string of the molecule is CCCc1cc2cc(CC)ccc2[s+]1C(F)(F)F.[Cl-]. The van der Waals surface area contributed by atoms with Gasteiger partial charge in [-0.3, -0.25) is 0 Å². The highest BCUT2D eigenvalue weighted by Gasteiger charge is 2.47. The lowest BCUT2D eigenvalue weighted by Gasteiger charge is -1.99. The third-order valence-corrected chi connectivity index (χ3v) is 5.13. The van der Waals surface area contributed by atoms with Crippen LogP contribution in [-0.2, 0) is 18.3 Å². The Kier molecular flexibility index (Phi) is 5.27. The first-order chi connectivity index (χ1) is 8.47. The van der Waals surface area contributed by atoms with E-state index >= 15 is 0 Å². The van der Waals surface area contributed by atoms with Crippen LogP contribution in [0.2, 0.25) is 0 Å². The number of fused-ring (bicyclic) bond motifs is 1. The smallest absolute Gasteiger partial charge is 0.600 e. The van der Waals surface area contributed by atoms with Crippen molar-refractivity contribution in [1.82, 2.24) is 0 Å². The van der Waals surface area contributed by atoms with Crippen LogP contribution in [0, 0.1) is 0 Å². The molecule has 1 aromatic carbocycles. The standard InChI is InChI=1S/C14H16F3S.ClH/c1-3-5-12-9-11-8-10(4-2)6-7-13(11)18(12)14(15,16)17;/h6-9H,3-5H2,1-2H3;1H/q+1;/p-1. The minimum Gasteiger partial charge on any atom is -1.00 e. The van der Waals surface area contributed by atoms with Crippen LogP contribution in [0.5, 0.6) is 0 Å². The second-order valence-corrected chi connectivity index (χ2v) is 6.38. The Morgan fingerprint density at radius 3 is 2.32 bits per heavy atom. The van der Waals surface area contributed by atoms with Crippen molar-refractivity contribution >= 4 is 20.6 Å². The highest BCUT2D eigenvalue weighted by molar-refractivity contribution is 7.38. The van der Waals surface area contributed by atoms with Gasteiger partial charge in [0.1, 0.15) is 0 Å². The highest BCUT2D eigenvalue weighted by atomic mass is 35.5. The van der Waals surface area contributed by atoms with Crippen LogP contribution in [0.1, 0.15) is 30.7 Å². The van der Waals surface area contributed by atoms with Gasteiger partial charge in [-0.15, -0.1) is 13.2 Å². The zero-order valence-corrected chi connectivity index (χ0v) is 12.4. The third kappa shape index (κ3) is 3.23. The molecule has 0 amide bonds. The number of hydrogen-bond acceptors (Lipinski definition) is 0. The molecule has 2 aromatic rings. The summed E-state index contributed by atoms with van der Waals surface area (Å²) >= 11 is 0. The van der Waals surface area contributed by atoms with Gasteiger partial charge < -0.3 is 12.4 Å². The summed E-state index contributed by atoms with van der Waals surface area (Å²) in [5, 5.41) is 0.762. The molecule has 0 bridgehead atoms. The van der Waals surface area contributed by atoms with Crippen LogP contribution in [0.15, 0.2) is 24.3 Å². The first-order valence-electron chi connectivity index (χ1n) is 6.12. The predicted octanol–water partition coefficient (Wildman–Crippen LogP) is 2.58. The van der Waals surface area contributed by atoms with Crippen LogP contribution < -0.4 is 12.4 Å². The van der Waals surface area contributed by atoms with E-state index in [-0.39, 0.29) is 12.4 Å². The lowest BCUT2D eigenvalue weighted by Crippen LogP contribution is -3.00. The van der Waals surface area contributed by atoms with Crippen molar-refractivity contribution in [3.63, 3.8) is 0 Å². The molecular formula is C14H16ClF3S. The molecule has 0 radical (unpaired) electrons. The molecule has 2 rings (SSSR count). The van der Waals surface area contributed by atoms with E-state index in [2.05, 4.69) is 0 Å². The fraction of sp³-hybridized carbons (Fsp3) is 0.429. The van der Waals surface area contributed by atoms with Gasteiger partial charge in [-0.1, -0.05) is 19.9 Å². The number of rotatable bonds is 3. The minimum absolute atomic E-state index is 0. The number of hydrogen-bond donors (Lipinski definition) is 0. The van der Waals surface area contributed by atoms with E-state index in [9.17, 15) is 13.2 Å². The van der Waals surface area contributed by atoms with E-state index in [0.29, 0.717) is 16.0 Å². The van der Waals surface area contributed by atoms with Crippen molar-refractivity contribution in [3.05, 3.63) is 34.7 Å². The summed E-state index contributed by atoms with van der Waals surface area (Å²) in [6.45, 7) is 3.93. The minimum atomic E-state index is -4.15. The van der Waals surface area contributed by atoms with Crippen molar-refractivity contribution in [2.75, 3.05) is 0 Å². The van der Waals surface area contributed by atoms with Crippen molar-refractivity contribution in [3.8, 4) is 0 Å². The molecule has 0 aliphatic rings. The van der Waals surface area contributed by atoms with Crippen LogP contribution >= 0.6 is 10.5 Å². The summed E-state index contributed by atoms with van der Waals surface area (Å²) < 4.78 is 39.9. The summed E-state index contributed by atoms with van der Waals surface area (Å²) in [5.41, 5.74) is -3.06. The van der Waals surface area contributed by atoms with Crippen LogP contribution in [0.3, 0.4) is 0 Å². The maximum atomic E-state index is 13.2. The third-order valence-electron chi connectivity index (χ3n) is 3.01. The monoisotopic (exact) mass is 308 g/mol. The van der Waals surface area contributed by atoms with E-state index in [1.807, 2.05) is 26.0 Å². The van der Waals surface area contributed by atoms with Crippen molar-refractivity contribution in [1.29, 1.82) is 0 Å². The van der Waals surface area contributed by atoms with Crippen LogP contribution in [-0.4, -0.2) is 0 Å². The molecule has 0 fully saturated rings. The predicted molar refractivity (Wildman–Crippen MR) is 71.1 cm³/mol. The topological polar surface area (TPSA) is 0 Å². The van der Waals surface area contributed by atoms with Gasteiger partial charge in [0, 0.05) is 17.9 Å². The number of halogens is 4. The van der Waals surface area contributed by atoms with Gasteiger partial charge in [0.15, 0.2) is 9.58 Å². The fourth-order valence-corrected chi connectivity index (χ4v) is 4.22. The molecule has 0 nitrogen and oxygen atoms in total. The summed E-state index contributed by atoms with van der Waals surface area (Å²) in [7, 11) is -1.71. The summed E-state index contributed by atoms with van der Waals surface area (Å²) in [4.78, 5) is 0.535. The quantitative estimate of drug-likeness (QED) is 0.765. The number of benzene rings is 1. The Labute approximate surface area is 120 Å². The van der Waals surface area contributed by atoms with Crippen molar-refractivity contribution < 1.29 is 25.6 Å². The Balaban J connectivity index is 0.00000180. The van der Waals surface area contributed by atoms with E-state index in [4.69, 9.17) is 0 Å².